The molecule has 1 aromatic rings. The standard InChI is InChI=1S/C13H21N3O.ClH/c1-10-6-13(17-3)7-12(15-10)9-16-5-4-14-8-11(16)2;/h6-7,11,14H,4-5,8-9H2,1-3H3;1H/t11-;/m1./s1. The Balaban J connectivity index is 0.00000162. The van der Waals surface area contributed by atoms with E-state index in [0.717, 1.165) is 43.3 Å². The number of hydrogen-bond acceptors (Lipinski definition) is 4. The van der Waals surface area contributed by atoms with Gasteiger partial charge in [0.2, 0.25) is 0 Å². The molecule has 0 spiro atoms. The molecule has 0 saturated carbocycles. The number of methoxy groups -OCH3 is 1. The monoisotopic (exact) mass is 271 g/mol. The molecule has 1 aromatic heterocycles. The molecule has 5 heteroatoms. The maximum atomic E-state index is 5.28. The van der Waals surface area contributed by atoms with Crippen LogP contribution in [0.2, 0.25) is 0 Å². The summed E-state index contributed by atoms with van der Waals surface area (Å²) in [7, 11) is 1.70. The van der Waals surface area contributed by atoms with Crippen LogP contribution in [0, 0.1) is 6.92 Å². The number of aromatic nitrogens is 1. The van der Waals surface area contributed by atoms with Gasteiger partial charge >= 0.3 is 0 Å². The molecule has 0 aliphatic carbocycles. The van der Waals surface area contributed by atoms with Crippen molar-refractivity contribution in [2.24, 2.45) is 0 Å². The van der Waals surface area contributed by atoms with E-state index in [1.54, 1.807) is 7.11 Å². The van der Waals surface area contributed by atoms with E-state index in [4.69, 9.17) is 4.74 Å². The van der Waals surface area contributed by atoms with Gasteiger partial charge in [0.15, 0.2) is 0 Å². The molecule has 4 nitrogen and oxygen atoms in total. The van der Waals surface area contributed by atoms with E-state index in [1.165, 1.54) is 0 Å². The Hall–Kier alpha value is -0.840. The Morgan fingerprint density at radius 2 is 2.28 bits per heavy atom. The van der Waals surface area contributed by atoms with Crippen molar-refractivity contribution in [3.05, 3.63) is 23.5 Å². The quantitative estimate of drug-likeness (QED) is 0.907. The zero-order valence-electron chi connectivity index (χ0n) is 11.3. The summed E-state index contributed by atoms with van der Waals surface area (Å²) in [5, 5.41) is 3.40. The second kappa shape index (κ2) is 6.92. The molecule has 1 saturated heterocycles. The molecule has 0 amide bonds. The van der Waals surface area contributed by atoms with Crippen LogP contribution in [0.25, 0.3) is 0 Å². The van der Waals surface area contributed by atoms with Crippen molar-refractivity contribution in [2.45, 2.75) is 26.4 Å². The largest absolute Gasteiger partial charge is 0.497 e. The Morgan fingerprint density at radius 1 is 1.50 bits per heavy atom. The minimum Gasteiger partial charge on any atom is -0.497 e. The summed E-state index contributed by atoms with van der Waals surface area (Å²) in [6, 6.07) is 4.56. The number of rotatable bonds is 3. The lowest BCUT2D eigenvalue weighted by Crippen LogP contribution is -2.49. The van der Waals surface area contributed by atoms with Gasteiger partial charge in [0.1, 0.15) is 5.75 Å². The van der Waals surface area contributed by atoms with Gasteiger partial charge in [0.05, 0.1) is 12.8 Å². The summed E-state index contributed by atoms with van der Waals surface area (Å²) in [4.78, 5) is 7.02. The van der Waals surface area contributed by atoms with Crippen LogP contribution in [-0.2, 0) is 6.54 Å². The van der Waals surface area contributed by atoms with E-state index in [2.05, 4.69) is 22.1 Å². The van der Waals surface area contributed by atoms with Gasteiger partial charge < -0.3 is 10.1 Å². The molecule has 0 aromatic carbocycles. The molecule has 2 heterocycles. The Morgan fingerprint density at radius 3 is 2.94 bits per heavy atom. The van der Waals surface area contributed by atoms with Crippen molar-refractivity contribution in [3.63, 3.8) is 0 Å². The summed E-state index contributed by atoms with van der Waals surface area (Å²) in [6.45, 7) is 8.36. The van der Waals surface area contributed by atoms with Gasteiger partial charge in [-0.05, 0) is 13.8 Å². The molecule has 0 radical (unpaired) electrons. The lowest BCUT2D eigenvalue weighted by molar-refractivity contribution is 0.163. The van der Waals surface area contributed by atoms with Crippen LogP contribution < -0.4 is 10.1 Å². The SMILES string of the molecule is COc1cc(C)nc(CN2CCNC[C@H]2C)c1.Cl. The number of nitrogens with one attached hydrogen (secondary N) is 1. The highest BCUT2D eigenvalue weighted by Crippen LogP contribution is 2.16. The summed E-state index contributed by atoms with van der Waals surface area (Å²) in [5.74, 6) is 0.898. The first kappa shape index (κ1) is 15.2. The smallest absolute Gasteiger partial charge is 0.122 e. The highest BCUT2D eigenvalue weighted by molar-refractivity contribution is 5.85. The predicted molar refractivity (Wildman–Crippen MR) is 75.5 cm³/mol. The van der Waals surface area contributed by atoms with Crippen LogP contribution in [-0.4, -0.2) is 42.7 Å². The van der Waals surface area contributed by atoms with E-state index >= 15 is 0 Å². The first-order chi connectivity index (χ1) is 8.19. The van der Waals surface area contributed by atoms with Crippen LogP contribution in [0.4, 0.5) is 0 Å². The number of hydrogen-bond donors (Lipinski definition) is 1. The Kier molecular flexibility index (Phi) is 5.85. The van der Waals surface area contributed by atoms with Gasteiger partial charge in [-0.3, -0.25) is 9.88 Å². The molecule has 1 aliphatic heterocycles. The molecule has 0 bridgehead atoms. The van der Waals surface area contributed by atoms with Gasteiger partial charge in [-0.25, -0.2) is 0 Å². The molecule has 1 aliphatic rings. The number of piperazine rings is 1. The maximum Gasteiger partial charge on any atom is 0.122 e. The predicted octanol–water partition coefficient (Wildman–Crippen LogP) is 1.61. The lowest BCUT2D eigenvalue weighted by atomic mass is 10.2. The molecule has 1 N–H and O–H groups in total. The number of nitrogens with zero attached hydrogens (tertiary/aromatic N) is 2. The van der Waals surface area contributed by atoms with E-state index in [9.17, 15) is 0 Å². The first-order valence-corrected chi connectivity index (χ1v) is 6.15. The second-order valence-electron chi connectivity index (χ2n) is 4.66. The van der Waals surface area contributed by atoms with Crippen molar-refractivity contribution >= 4 is 12.4 Å². The first-order valence-electron chi connectivity index (χ1n) is 6.15. The fourth-order valence-corrected chi connectivity index (χ4v) is 2.23. The summed E-state index contributed by atoms with van der Waals surface area (Å²) in [5.41, 5.74) is 2.11. The normalized spacial score (nSPS) is 20.3. The number of halogens is 1. The van der Waals surface area contributed by atoms with E-state index in [1.807, 2.05) is 19.1 Å². The molecule has 0 unspecified atom stereocenters. The van der Waals surface area contributed by atoms with E-state index in [0.29, 0.717) is 6.04 Å². The molecular weight excluding hydrogens is 250 g/mol. The minimum atomic E-state index is 0. The summed E-state index contributed by atoms with van der Waals surface area (Å²) in [6.07, 6.45) is 0. The molecule has 102 valence electrons. The maximum absolute atomic E-state index is 5.28. The zero-order valence-corrected chi connectivity index (χ0v) is 12.1. The van der Waals surface area contributed by atoms with Crippen molar-refractivity contribution in [2.75, 3.05) is 26.7 Å². The van der Waals surface area contributed by atoms with Crippen LogP contribution in [0.1, 0.15) is 18.3 Å². The van der Waals surface area contributed by atoms with Gasteiger partial charge in [-0.2, -0.15) is 0 Å². The number of pyridine rings is 1. The van der Waals surface area contributed by atoms with E-state index < -0.39 is 0 Å². The fourth-order valence-electron chi connectivity index (χ4n) is 2.23. The summed E-state index contributed by atoms with van der Waals surface area (Å²) >= 11 is 0. The molecular formula is C13H22ClN3O. The van der Waals surface area contributed by atoms with Crippen LogP contribution >= 0.6 is 12.4 Å². The Labute approximate surface area is 115 Å². The highest BCUT2D eigenvalue weighted by Gasteiger charge is 2.18. The van der Waals surface area contributed by atoms with Gasteiger partial charge in [-0.15, -0.1) is 12.4 Å². The average Bonchev–Trinajstić information content (AvgIpc) is 2.31. The van der Waals surface area contributed by atoms with Crippen LogP contribution in [0.5, 0.6) is 5.75 Å². The van der Waals surface area contributed by atoms with E-state index in [-0.39, 0.29) is 12.4 Å². The third-order valence-electron chi connectivity index (χ3n) is 3.22. The van der Waals surface area contributed by atoms with Crippen molar-refractivity contribution in [3.8, 4) is 5.75 Å². The number of aryl methyl sites for hydroxylation is 1. The van der Waals surface area contributed by atoms with Crippen molar-refractivity contribution in [1.29, 1.82) is 0 Å². The fraction of sp³-hybridized carbons (Fsp3) is 0.615. The zero-order chi connectivity index (χ0) is 12.3. The molecule has 1 atom stereocenters. The lowest BCUT2D eigenvalue weighted by Gasteiger charge is -2.33. The topological polar surface area (TPSA) is 37.4 Å². The minimum absolute atomic E-state index is 0. The highest BCUT2D eigenvalue weighted by atomic mass is 35.5. The number of ether oxygens (including phenoxy) is 1. The van der Waals surface area contributed by atoms with Crippen LogP contribution in [0.3, 0.4) is 0 Å². The van der Waals surface area contributed by atoms with Crippen molar-refractivity contribution < 1.29 is 4.74 Å². The Bertz CT molecular complexity index is 386. The second-order valence-corrected chi connectivity index (χ2v) is 4.66. The summed E-state index contributed by atoms with van der Waals surface area (Å²) < 4.78 is 5.28. The van der Waals surface area contributed by atoms with Crippen LogP contribution in [0.15, 0.2) is 12.1 Å². The molecule has 1 fully saturated rings. The molecule has 18 heavy (non-hydrogen) atoms. The molecule has 2 rings (SSSR count). The average molecular weight is 272 g/mol. The van der Waals surface area contributed by atoms with Gasteiger partial charge in [0.25, 0.3) is 0 Å². The third kappa shape index (κ3) is 3.83. The third-order valence-corrected chi connectivity index (χ3v) is 3.22. The van der Waals surface area contributed by atoms with Crippen molar-refractivity contribution in [1.82, 2.24) is 15.2 Å². The van der Waals surface area contributed by atoms with Gasteiger partial charge in [-0.1, -0.05) is 0 Å². The van der Waals surface area contributed by atoms with Gasteiger partial charge in [0, 0.05) is 50.0 Å².